The predicted molar refractivity (Wildman–Crippen MR) is 55.9 cm³/mol. The minimum Gasteiger partial charge on any atom is -0.0936 e. The fourth-order valence-corrected chi connectivity index (χ4v) is 1.15. The van der Waals surface area contributed by atoms with Gasteiger partial charge in [-0.1, -0.05) is 42.3 Å². The summed E-state index contributed by atoms with van der Waals surface area (Å²) in [7, 11) is 0. The second kappa shape index (κ2) is 6.35. The zero-order chi connectivity index (χ0) is 8.81. The van der Waals surface area contributed by atoms with Crippen LogP contribution in [0.1, 0.15) is 13.0 Å². The van der Waals surface area contributed by atoms with Crippen LogP contribution in [-0.4, -0.2) is 6.54 Å². The zero-order valence-corrected chi connectivity index (χ0v) is 7.20. The molecule has 0 spiro atoms. The molecule has 0 N–H and O–H groups in total. The van der Waals surface area contributed by atoms with Crippen LogP contribution in [0.3, 0.4) is 0 Å². The lowest BCUT2D eigenvalue weighted by atomic mass is 10.1. The van der Waals surface area contributed by atoms with E-state index in [0.717, 1.165) is 10.6 Å². The van der Waals surface area contributed by atoms with Gasteiger partial charge >= 0.3 is 0 Å². The summed E-state index contributed by atoms with van der Waals surface area (Å²) in [6.07, 6.45) is 0.698. The summed E-state index contributed by atoms with van der Waals surface area (Å²) in [6, 6.07) is 7.54. The van der Waals surface area contributed by atoms with Crippen molar-refractivity contribution in [3.05, 3.63) is 45.3 Å². The third kappa shape index (κ3) is 3.83. The Labute approximate surface area is 83.0 Å². The lowest BCUT2D eigenvalue weighted by molar-refractivity contribution is 0.956. The van der Waals surface area contributed by atoms with E-state index in [2.05, 4.69) is 10.0 Å². The molecule has 0 radical (unpaired) electrons. The van der Waals surface area contributed by atoms with Crippen molar-refractivity contribution >= 4 is 11.6 Å². The summed E-state index contributed by atoms with van der Waals surface area (Å²) in [5, 5.41) is 4.16. The third-order valence-electron chi connectivity index (χ3n) is 1.50. The zero-order valence-electron chi connectivity index (χ0n) is 6.44. The van der Waals surface area contributed by atoms with Gasteiger partial charge in [0.15, 0.2) is 0 Å². The second-order valence-corrected chi connectivity index (χ2v) is 2.70. The first kappa shape index (κ1) is 11.8. The number of azide groups is 1. The van der Waals surface area contributed by atoms with Gasteiger partial charge in [-0.15, -0.1) is 0 Å². The second-order valence-electron chi connectivity index (χ2n) is 2.30. The third-order valence-corrected chi connectivity index (χ3v) is 1.87. The van der Waals surface area contributed by atoms with Crippen LogP contribution in [0.2, 0.25) is 5.02 Å². The molecule has 0 saturated heterocycles. The first-order valence-electron chi connectivity index (χ1n) is 3.59. The first-order valence-corrected chi connectivity index (χ1v) is 3.96. The minimum atomic E-state index is 0. The van der Waals surface area contributed by atoms with Crippen LogP contribution >= 0.6 is 11.6 Å². The summed E-state index contributed by atoms with van der Waals surface area (Å²) >= 11 is 5.87. The topological polar surface area (TPSA) is 48.8 Å². The van der Waals surface area contributed by atoms with Crippen molar-refractivity contribution in [2.75, 3.05) is 6.54 Å². The van der Waals surface area contributed by atoms with Crippen LogP contribution < -0.4 is 0 Å². The van der Waals surface area contributed by atoms with E-state index in [9.17, 15) is 0 Å². The highest BCUT2D eigenvalue weighted by Gasteiger charge is 1.95. The van der Waals surface area contributed by atoms with Gasteiger partial charge in [-0.3, -0.25) is 0 Å². The smallest absolute Gasteiger partial charge is 0.0437 e. The predicted octanol–water partition coefficient (Wildman–Crippen LogP) is 3.83. The van der Waals surface area contributed by atoms with Crippen molar-refractivity contribution < 1.29 is 0 Å². The van der Waals surface area contributed by atoms with Gasteiger partial charge in [0.05, 0.1) is 0 Å². The summed E-state index contributed by atoms with van der Waals surface area (Å²) in [6.45, 7) is 0.459. The minimum absolute atomic E-state index is 0. The first-order chi connectivity index (χ1) is 5.84. The highest BCUT2D eigenvalue weighted by molar-refractivity contribution is 6.31. The van der Waals surface area contributed by atoms with Gasteiger partial charge in [0.25, 0.3) is 0 Å². The van der Waals surface area contributed by atoms with E-state index in [4.69, 9.17) is 17.1 Å². The Hall–Kier alpha value is -1.18. The number of halogens is 1. The molecule has 0 aromatic heterocycles. The van der Waals surface area contributed by atoms with Crippen molar-refractivity contribution in [3.63, 3.8) is 0 Å². The molecule has 0 heterocycles. The van der Waals surface area contributed by atoms with Crippen LogP contribution in [0.5, 0.6) is 0 Å². The van der Waals surface area contributed by atoms with E-state index in [1.165, 1.54) is 0 Å². The highest BCUT2D eigenvalue weighted by atomic mass is 35.5. The molecule has 0 unspecified atom stereocenters. The van der Waals surface area contributed by atoms with Gasteiger partial charge in [0, 0.05) is 16.5 Å². The quantitative estimate of drug-likeness (QED) is 0.402. The van der Waals surface area contributed by atoms with Gasteiger partial charge in [-0.25, -0.2) is 0 Å². The van der Waals surface area contributed by atoms with E-state index in [-0.39, 0.29) is 7.43 Å². The molecule has 0 bridgehead atoms. The van der Waals surface area contributed by atoms with Crippen molar-refractivity contribution in [3.8, 4) is 0 Å². The average Bonchev–Trinajstić information content (AvgIpc) is 2.09. The van der Waals surface area contributed by atoms with Crippen molar-refractivity contribution in [1.29, 1.82) is 0 Å². The number of hydrogen-bond acceptors (Lipinski definition) is 1. The molecular formula is C9H12ClN3. The van der Waals surface area contributed by atoms with Gasteiger partial charge < -0.3 is 0 Å². The van der Waals surface area contributed by atoms with E-state index >= 15 is 0 Å². The molecule has 3 nitrogen and oxygen atoms in total. The maximum atomic E-state index is 8.04. The monoisotopic (exact) mass is 197 g/mol. The molecule has 1 rings (SSSR count). The molecular weight excluding hydrogens is 186 g/mol. The van der Waals surface area contributed by atoms with Gasteiger partial charge in [-0.05, 0) is 23.6 Å². The molecule has 1 aromatic rings. The van der Waals surface area contributed by atoms with Crippen molar-refractivity contribution in [2.45, 2.75) is 13.8 Å². The summed E-state index contributed by atoms with van der Waals surface area (Å²) < 4.78 is 0. The number of hydrogen-bond donors (Lipinski definition) is 0. The largest absolute Gasteiger partial charge is 0.0936 e. The molecule has 0 aliphatic heterocycles. The van der Waals surface area contributed by atoms with Crippen LogP contribution in [0.15, 0.2) is 29.4 Å². The maximum Gasteiger partial charge on any atom is 0.0437 e. The lowest BCUT2D eigenvalue weighted by Gasteiger charge is -1.99. The fourth-order valence-electron chi connectivity index (χ4n) is 0.916. The molecule has 1 aromatic carbocycles. The van der Waals surface area contributed by atoms with Crippen molar-refractivity contribution in [2.24, 2.45) is 5.11 Å². The molecule has 0 saturated carbocycles. The van der Waals surface area contributed by atoms with Gasteiger partial charge in [-0.2, -0.15) is 0 Å². The Kier molecular flexibility index (Phi) is 5.77. The van der Waals surface area contributed by atoms with Crippen LogP contribution in [-0.2, 0) is 6.42 Å². The Morgan fingerprint density at radius 3 is 2.69 bits per heavy atom. The normalized spacial score (nSPS) is 8.38. The summed E-state index contributed by atoms with van der Waals surface area (Å²) in [5.74, 6) is 0. The van der Waals surface area contributed by atoms with E-state index in [1.807, 2.05) is 24.3 Å². The molecule has 0 aliphatic rings. The van der Waals surface area contributed by atoms with Crippen LogP contribution in [0.4, 0.5) is 0 Å². The van der Waals surface area contributed by atoms with Gasteiger partial charge in [0.1, 0.15) is 0 Å². The highest BCUT2D eigenvalue weighted by Crippen LogP contribution is 2.15. The molecule has 70 valence electrons. The van der Waals surface area contributed by atoms with Gasteiger partial charge in [0.2, 0.25) is 0 Å². The Balaban J connectivity index is 0.00000144. The molecule has 4 heteroatoms. The van der Waals surface area contributed by atoms with Crippen LogP contribution in [0, 0.1) is 0 Å². The summed E-state index contributed by atoms with van der Waals surface area (Å²) in [5.41, 5.74) is 9.06. The molecule has 0 amide bonds. The lowest BCUT2D eigenvalue weighted by Crippen LogP contribution is -1.88. The Morgan fingerprint density at radius 2 is 2.08 bits per heavy atom. The molecule has 0 atom stereocenters. The molecule has 0 aliphatic carbocycles. The SMILES string of the molecule is C.[N-]=[N+]=NCCc1ccccc1Cl. The average molecular weight is 198 g/mol. The summed E-state index contributed by atoms with van der Waals surface area (Å²) in [4.78, 5) is 2.66. The number of nitrogens with zero attached hydrogens (tertiary/aromatic N) is 3. The Bertz CT molecular complexity index is 305. The number of benzene rings is 1. The standard InChI is InChI=1S/C8H8ClN3.CH4/c9-8-4-2-1-3-7(8)5-6-11-12-10;/h1-4H,5-6H2;1H4. The van der Waals surface area contributed by atoms with E-state index in [0.29, 0.717) is 13.0 Å². The Morgan fingerprint density at radius 1 is 1.38 bits per heavy atom. The molecule has 0 fully saturated rings. The van der Waals surface area contributed by atoms with E-state index < -0.39 is 0 Å². The fraction of sp³-hybridized carbons (Fsp3) is 0.333. The van der Waals surface area contributed by atoms with Crippen molar-refractivity contribution in [1.82, 2.24) is 0 Å². The maximum absolute atomic E-state index is 8.04. The van der Waals surface area contributed by atoms with Crippen LogP contribution in [0.25, 0.3) is 10.4 Å². The molecule has 13 heavy (non-hydrogen) atoms. The van der Waals surface area contributed by atoms with E-state index in [1.54, 1.807) is 0 Å². The number of rotatable bonds is 3.